The topological polar surface area (TPSA) is 57.4 Å². The molecular formula is C12H10N4S. The number of aryl methyl sites for hydroxylation is 1. The summed E-state index contributed by atoms with van der Waals surface area (Å²) in [6.45, 7) is 1.96. The van der Waals surface area contributed by atoms with Gasteiger partial charge in [0.1, 0.15) is 0 Å². The number of nitrogens with one attached hydrogen (secondary N) is 2. The van der Waals surface area contributed by atoms with E-state index in [1.54, 1.807) is 6.20 Å². The average molecular weight is 242 g/mol. The Hall–Kier alpha value is -2.01. The van der Waals surface area contributed by atoms with Crippen LogP contribution in [0.15, 0.2) is 30.5 Å². The molecule has 3 rings (SSSR count). The quantitative estimate of drug-likeness (QED) is 0.645. The number of nitrogens with zero attached hydrogens (tertiary/aromatic N) is 2. The maximum atomic E-state index is 5.03. The molecule has 0 atom stereocenters. The van der Waals surface area contributed by atoms with E-state index in [1.807, 2.05) is 31.2 Å². The molecular weight excluding hydrogens is 232 g/mol. The Bertz CT molecular complexity index is 741. The molecule has 0 aliphatic rings. The van der Waals surface area contributed by atoms with E-state index < -0.39 is 0 Å². The number of pyridine rings is 2. The number of hydrogen-bond donors (Lipinski definition) is 2. The number of aromatic nitrogens is 4. The Balaban J connectivity index is 2.20. The van der Waals surface area contributed by atoms with E-state index in [2.05, 4.69) is 19.9 Å². The van der Waals surface area contributed by atoms with Crippen molar-refractivity contribution in [3.05, 3.63) is 40.9 Å². The molecule has 0 aliphatic carbocycles. The maximum Gasteiger partial charge on any atom is 0.176 e. The van der Waals surface area contributed by atoms with Crippen molar-refractivity contribution in [3.63, 3.8) is 0 Å². The summed E-state index contributed by atoms with van der Waals surface area (Å²) in [5.74, 6) is 0. The molecule has 3 aromatic rings. The van der Waals surface area contributed by atoms with E-state index >= 15 is 0 Å². The summed E-state index contributed by atoms with van der Waals surface area (Å²) in [5.41, 5.74) is 4.64. The minimum absolute atomic E-state index is 0.593. The summed E-state index contributed by atoms with van der Waals surface area (Å²) in [6.07, 6.45) is 1.79. The van der Waals surface area contributed by atoms with Crippen LogP contribution < -0.4 is 0 Å². The lowest BCUT2D eigenvalue weighted by Gasteiger charge is -2.01. The zero-order valence-electron chi connectivity index (χ0n) is 9.19. The van der Waals surface area contributed by atoms with Crippen molar-refractivity contribution in [1.82, 2.24) is 19.9 Å². The highest BCUT2D eigenvalue weighted by Gasteiger charge is 2.03. The van der Waals surface area contributed by atoms with Crippen LogP contribution in [0.5, 0.6) is 0 Å². The second-order valence-electron chi connectivity index (χ2n) is 3.86. The SMILES string of the molecule is Cc1cc(-c2ccc3[nH]c(=S)[nH]c3n2)ccn1. The van der Waals surface area contributed by atoms with Crippen LogP contribution in [0.1, 0.15) is 5.69 Å². The average Bonchev–Trinajstić information content (AvgIpc) is 2.68. The Morgan fingerprint density at radius 3 is 2.88 bits per heavy atom. The Labute approximate surface area is 103 Å². The molecule has 0 saturated carbocycles. The third kappa shape index (κ3) is 1.85. The summed E-state index contributed by atoms with van der Waals surface area (Å²) < 4.78 is 0.593. The monoisotopic (exact) mass is 242 g/mol. The van der Waals surface area contributed by atoms with Gasteiger partial charge in [0.2, 0.25) is 0 Å². The molecule has 3 aromatic heterocycles. The van der Waals surface area contributed by atoms with Gasteiger partial charge in [0, 0.05) is 17.5 Å². The largest absolute Gasteiger partial charge is 0.329 e. The number of rotatable bonds is 1. The van der Waals surface area contributed by atoms with Gasteiger partial charge in [-0.3, -0.25) is 4.98 Å². The molecule has 0 aromatic carbocycles. The van der Waals surface area contributed by atoms with Gasteiger partial charge >= 0.3 is 0 Å². The standard InChI is InChI=1S/C12H10N4S/c1-7-6-8(4-5-13-7)9-2-3-10-11(14-9)16-12(17)15-10/h2-6H,1H3,(H2,14,15,16,17). The van der Waals surface area contributed by atoms with E-state index in [0.29, 0.717) is 4.77 Å². The second kappa shape index (κ2) is 3.78. The summed E-state index contributed by atoms with van der Waals surface area (Å²) in [5, 5.41) is 0. The summed E-state index contributed by atoms with van der Waals surface area (Å²) in [4.78, 5) is 14.7. The van der Waals surface area contributed by atoms with Crippen molar-refractivity contribution in [3.8, 4) is 11.3 Å². The first-order chi connectivity index (χ1) is 8.22. The first kappa shape index (κ1) is 10.2. The first-order valence-corrected chi connectivity index (χ1v) is 5.65. The third-order valence-corrected chi connectivity index (χ3v) is 2.77. The molecule has 84 valence electrons. The molecule has 2 N–H and O–H groups in total. The van der Waals surface area contributed by atoms with Gasteiger partial charge in [-0.15, -0.1) is 0 Å². The zero-order chi connectivity index (χ0) is 11.8. The highest BCUT2D eigenvalue weighted by Crippen LogP contribution is 2.19. The minimum Gasteiger partial charge on any atom is -0.329 e. The van der Waals surface area contributed by atoms with Crippen LogP contribution in [0, 0.1) is 11.7 Å². The van der Waals surface area contributed by atoms with E-state index in [4.69, 9.17) is 12.2 Å². The predicted molar refractivity (Wildman–Crippen MR) is 69.2 cm³/mol. The Kier molecular flexibility index (Phi) is 2.26. The molecule has 0 amide bonds. The fourth-order valence-corrected chi connectivity index (χ4v) is 1.99. The van der Waals surface area contributed by atoms with Gasteiger partial charge in [0.15, 0.2) is 10.4 Å². The van der Waals surface area contributed by atoms with Crippen LogP contribution >= 0.6 is 12.2 Å². The van der Waals surface area contributed by atoms with Crippen LogP contribution in [0.25, 0.3) is 22.4 Å². The number of fused-ring (bicyclic) bond motifs is 1. The van der Waals surface area contributed by atoms with E-state index in [-0.39, 0.29) is 0 Å². The molecule has 3 heterocycles. The Morgan fingerprint density at radius 2 is 2.06 bits per heavy atom. The second-order valence-corrected chi connectivity index (χ2v) is 4.27. The number of H-pyrrole nitrogens is 2. The highest BCUT2D eigenvalue weighted by atomic mass is 32.1. The van der Waals surface area contributed by atoms with Crippen molar-refractivity contribution in [2.45, 2.75) is 6.92 Å². The molecule has 0 unspecified atom stereocenters. The molecule has 0 spiro atoms. The van der Waals surface area contributed by atoms with Gasteiger partial charge in [0.25, 0.3) is 0 Å². The van der Waals surface area contributed by atoms with E-state index in [9.17, 15) is 0 Å². The molecule has 0 radical (unpaired) electrons. The van der Waals surface area contributed by atoms with Gasteiger partial charge < -0.3 is 9.97 Å². The van der Waals surface area contributed by atoms with Crippen molar-refractivity contribution in [1.29, 1.82) is 0 Å². The minimum atomic E-state index is 0.593. The fraction of sp³-hybridized carbons (Fsp3) is 0.0833. The van der Waals surface area contributed by atoms with Crippen LogP contribution in [-0.2, 0) is 0 Å². The summed E-state index contributed by atoms with van der Waals surface area (Å²) >= 11 is 5.03. The van der Waals surface area contributed by atoms with Crippen LogP contribution in [0.2, 0.25) is 0 Å². The predicted octanol–water partition coefficient (Wildman–Crippen LogP) is 2.99. The van der Waals surface area contributed by atoms with E-state index in [1.165, 1.54) is 0 Å². The van der Waals surface area contributed by atoms with Gasteiger partial charge in [0.05, 0.1) is 11.2 Å². The normalized spacial score (nSPS) is 10.9. The van der Waals surface area contributed by atoms with E-state index in [0.717, 1.165) is 28.1 Å². The third-order valence-electron chi connectivity index (χ3n) is 2.57. The lowest BCUT2D eigenvalue weighted by atomic mass is 10.1. The summed E-state index contributed by atoms with van der Waals surface area (Å²) in [7, 11) is 0. The van der Waals surface area contributed by atoms with Crippen molar-refractivity contribution in [2.24, 2.45) is 0 Å². The fourth-order valence-electron chi connectivity index (χ4n) is 1.78. The highest BCUT2D eigenvalue weighted by molar-refractivity contribution is 7.71. The lowest BCUT2D eigenvalue weighted by Crippen LogP contribution is -1.87. The molecule has 17 heavy (non-hydrogen) atoms. The maximum absolute atomic E-state index is 5.03. The van der Waals surface area contributed by atoms with Crippen molar-refractivity contribution in [2.75, 3.05) is 0 Å². The molecule has 0 fully saturated rings. The van der Waals surface area contributed by atoms with Gasteiger partial charge in [-0.2, -0.15) is 0 Å². The smallest absolute Gasteiger partial charge is 0.176 e. The summed E-state index contributed by atoms with van der Waals surface area (Å²) in [6, 6.07) is 7.90. The Morgan fingerprint density at radius 1 is 1.18 bits per heavy atom. The molecule has 5 heteroatoms. The molecule has 0 aliphatic heterocycles. The molecule has 0 saturated heterocycles. The molecule has 0 bridgehead atoms. The van der Waals surface area contributed by atoms with Gasteiger partial charge in [-0.25, -0.2) is 4.98 Å². The lowest BCUT2D eigenvalue weighted by molar-refractivity contribution is 1.19. The first-order valence-electron chi connectivity index (χ1n) is 5.24. The van der Waals surface area contributed by atoms with Crippen LogP contribution in [0.3, 0.4) is 0 Å². The van der Waals surface area contributed by atoms with Crippen molar-refractivity contribution < 1.29 is 0 Å². The zero-order valence-corrected chi connectivity index (χ0v) is 10.0. The van der Waals surface area contributed by atoms with Crippen molar-refractivity contribution >= 4 is 23.4 Å². The van der Waals surface area contributed by atoms with Gasteiger partial charge in [-0.1, -0.05) is 0 Å². The van der Waals surface area contributed by atoms with Gasteiger partial charge in [-0.05, 0) is 43.4 Å². The van der Waals surface area contributed by atoms with Crippen LogP contribution in [-0.4, -0.2) is 19.9 Å². The van der Waals surface area contributed by atoms with Crippen LogP contribution in [0.4, 0.5) is 0 Å². The number of aromatic amines is 2. The molecule has 4 nitrogen and oxygen atoms in total. The number of imidazole rings is 1. The number of hydrogen-bond acceptors (Lipinski definition) is 3.